The summed E-state index contributed by atoms with van der Waals surface area (Å²) in [5.74, 6) is 7.05. The Hall–Kier alpha value is -3.83. The zero-order chi connectivity index (χ0) is 37.4. The van der Waals surface area contributed by atoms with Gasteiger partial charge in [-0.1, -0.05) is 90.7 Å². The molecule has 49 heavy (non-hydrogen) atoms. The third kappa shape index (κ3) is 8.15. The van der Waals surface area contributed by atoms with E-state index in [0.717, 1.165) is 75.6 Å². The van der Waals surface area contributed by atoms with E-state index in [2.05, 4.69) is 75.8 Å². The van der Waals surface area contributed by atoms with Gasteiger partial charge in [-0.05, 0) is 41.2 Å². The van der Waals surface area contributed by atoms with Crippen LogP contribution < -0.4 is 4.40 Å². The summed E-state index contributed by atoms with van der Waals surface area (Å²) in [6, 6.07) is 39.6. The van der Waals surface area contributed by atoms with Crippen LogP contribution in [0, 0.1) is 24.9 Å². The fourth-order valence-electron chi connectivity index (χ4n) is 6.29. The van der Waals surface area contributed by atoms with E-state index in [4.69, 9.17) is 11.3 Å². The van der Waals surface area contributed by atoms with E-state index >= 15 is 0 Å². The Balaban J connectivity index is 0.000000205. The van der Waals surface area contributed by atoms with Crippen LogP contribution in [0.2, 0.25) is 17.3 Å². The van der Waals surface area contributed by atoms with Crippen LogP contribution in [0.5, 0.6) is 0 Å². The van der Waals surface area contributed by atoms with Gasteiger partial charge in [-0.3, -0.25) is 0 Å². The third-order valence-corrected chi connectivity index (χ3v) is 13.3. The van der Waals surface area contributed by atoms with Gasteiger partial charge in [-0.25, -0.2) is 0 Å². The van der Waals surface area contributed by atoms with Gasteiger partial charge in [-0.15, -0.1) is 18.2 Å². The molecular weight excluding hydrogens is 837 g/mol. The molecule has 1 aliphatic rings. The first kappa shape index (κ1) is 29.0. The van der Waals surface area contributed by atoms with Crippen LogP contribution in [0.4, 0.5) is 0 Å². The van der Waals surface area contributed by atoms with Crippen LogP contribution in [-0.2, 0) is 26.5 Å². The molecule has 0 amide bonds. The molecule has 0 aliphatic heterocycles. The predicted molar refractivity (Wildman–Crippen MR) is 203 cm³/mol. The monoisotopic (exact) mass is 886 g/mol. The average Bonchev–Trinajstić information content (AvgIpc) is 3.84. The molecule has 1 aliphatic carbocycles. The molecule has 1 saturated carbocycles. The molecule has 3 nitrogen and oxygen atoms in total. The van der Waals surface area contributed by atoms with E-state index in [1.807, 2.05) is 54.7 Å². The van der Waals surface area contributed by atoms with Crippen molar-refractivity contribution >= 4 is 39.6 Å². The number of benzene rings is 4. The van der Waals surface area contributed by atoms with E-state index in [1.165, 1.54) is 10.5 Å². The quantitative estimate of drug-likeness (QED) is 0.123. The third-order valence-electron chi connectivity index (χ3n) is 9.00. The maximum absolute atomic E-state index is 8.78. The van der Waals surface area contributed by atoms with Crippen molar-refractivity contribution in [2.75, 3.05) is 0 Å². The second-order valence-electron chi connectivity index (χ2n) is 13.5. The first-order valence-corrected chi connectivity index (χ1v) is 24.0. The number of furan rings is 1. The summed E-state index contributed by atoms with van der Waals surface area (Å²) in [5.41, 5.74) is 7.94. The largest absolute Gasteiger partial charge is 0.501 e. The van der Waals surface area contributed by atoms with Crippen molar-refractivity contribution in [3.8, 4) is 33.6 Å². The summed E-state index contributed by atoms with van der Waals surface area (Å²) >= 11 is -1.83. The molecule has 0 saturated heterocycles. The molecule has 0 unspecified atom stereocenters. The first-order valence-electron chi connectivity index (χ1n) is 19.2. The van der Waals surface area contributed by atoms with Gasteiger partial charge in [-0.2, -0.15) is 0 Å². The van der Waals surface area contributed by atoms with Crippen LogP contribution in [0.3, 0.4) is 0 Å². The molecule has 249 valence electrons. The molecule has 0 spiro atoms. The topological polar surface area (TPSA) is 38.9 Å². The van der Waals surface area contributed by atoms with Gasteiger partial charge in [0, 0.05) is 34.4 Å². The second kappa shape index (κ2) is 15.4. The maximum Gasteiger partial charge on any atom is 0.121 e. The number of pyridine rings is 2. The number of aromatic nitrogens is 2. The normalized spacial score (nSPS) is 15.3. The van der Waals surface area contributed by atoms with Crippen molar-refractivity contribution in [1.82, 2.24) is 9.97 Å². The number of fused-ring (bicyclic) bond motifs is 3. The zero-order valence-corrected chi connectivity index (χ0v) is 32.5. The van der Waals surface area contributed by atoms with Gasteiger partial charge >= 0.3 is 110 Å². The van der Waals surface area contributed by atoms with Gasteiger partial charge in [0.05, 0.1) is 5.58 Å². The Labute approximate surface area is 314 Å². The molecule has 0 bridgehead atoms. The molecule has 8 rings (SSSR count). The van der Waals surface area contributed by atoms with Crippen molar-refractivity contribution in [2.45, 2.75) is 56.2 Å². The van der Waals surface area contributed by atoms with E-state index in [9.17, 15) is 0 Å². The molecule has 3 aromatic heterocycles. The van der Waals surface area contributed by atoms with E-state index in [-0.39, 0.29) is 26.0 Å². The van der Waals surface area contributed by atoms with E-state index in [1.54, 1.807) is 18.3 Å². The molecule has 1 radical (unpaired) electrons. The standard InChI is InChI=1S/C29H24NO.C15H18GeN.Ir/c1-2-9-22(10-3-1)23-13-14-24-25-11-6-12-26(29(25)31-28(24)19-23)27-18-21(15-16-30-27)17-20-7-4-5-8-20;1-12-5-7-13(8-6-12)15-10-9-14(11-17-15)16(2,3)4;/h1-3,6,9-11,13-16,18-20H,4-5,7-8,17H2;5-7,9-11H,1-4H3;/q2*-1;/i17D2;1D3;. The Morgan fingerprint density at radius 1 is 0.837 bits per heavy atom. The van der Waals surface area contributed by atoms with Crippen LogP contribution in [0.25, 0.3) is 55.6 Å². The molecule has 3 heterocycles. The van der Waals surface area contributed by atoms with Crippen LogP contribution in [0.1, 0.15) is 43.7 Å². The number of nitrogens with zero attached hydrogens (tertiary/aromatic N) is 2. The fraction of sp³-hybridized carbons (Fsp3) is 0.227. The van der Waals surface area contributed by atoms with Crippen LogP contribution in [0.15, 0.2) is 120 Å². The molecule has 4 aromatic carbocycles. The van der Waals surface area contributed by atoms with Gasteiger partial charge in [0.1, 0.15) is 5.58 Å². The summed E-state index contributed by atoms with van der Waals surface area (Å²) in [5, 5.41) is 2.07. The van der Waals surface area contributed by atoms with E-state index < -0.39 is 26.5 Å². The summed E-state index contributed by atoms with van der Waals surface area (Å²) < 4.78 is 47.3. The van der Waals surface area contributed by atoms with Crippen molar-refractivity contribution < 1.29 is 31.4 Å². The molecular formula is C44H42GeIrN2O-2. The zero-order valence-electron chi connectivity index (χ0n) is 33.0. The summed E-state index contributed by atoms with van der Waals surface area (Å²) in [7, 11) is 0. The number of hydrogen-bond donors (Lipinski definition) is 0. The minimum absolute atomic E-state index is 0. The van der Waals surface area contributed by atoms with Crippen molar-refractivity contribution in [3.63, 3.8) is 0 Å². The summed E-state index contributed by atoms with van der Waals surface area (Å²) in [4.78, 5) is 9.06. The first-order chi connectivity index (χ1) is 25.3. The average molecular weight is 885 g/mol. The van der Waals surface area contributed by atoms with E-state index in [0.29, 0.717) is 16.8 Å². The second-order valence-corrected chi connectivity index (χ2v) is 24.2. The van der Waals surface area contributed by atoms with Gasteiger partial charge in [0.15, 0.2) is 0 Å². The maximum atomic E-state index is 8.78. The molecule has 1 fully saturated rings. The van der Waals surface area contributed by atoms with Gasteiger partial charge in [0.25, 0.3) is 0 Å². The number of hydrogen-bond acceptors (Lipinski definition) is 3. The van der Waals surface area contributed by atoms with Crippen molar-refractivity contribution in [3.05, 3.63) is 139 Å². The Morgan fingerprint density at radius 2 is 1.67 bits per heavy atom. The van der Waals surface area contributed by atoms with Crippen LogP contribution in [-0.4, -0.2) is 23.2 Å². The minimum Gasteiger partial charge on any atom is -0.501 e. The smallest absolute Gasteiger partial charge is 0.121 e. The summed E-state index contributed by atoms with van der Waals surface area (Å²) in [6.45, 7) is -2.08. The Kier molecular flexibility index (Phi) is 9.09. The van der Waals surface area contributed by atoms with Gasteiger partial charge in [0.2, 0.25) is 0 Å². The predicted octanol–water partition coefficient (Wildman–Crippen LogP) is 11.2. The van der Waals surface area contributed by atoms with Crippen LogP contribution >= 0.6 is 0 Å². The molecule has 7 aromatic rings. The Morgan fingerprint density at radius 3 is 2.39 bits per heavy atom. The molecule has 0 atom stereocenters. The van der Waals surface area contributed by atoms with Crippen molar-refractivity contribution in [1.29, 1.82) is 0 Å². The Bertz CT molecular complexity index is 2290. The number of aryl methyl sites for hydroxylation is 1. The minimum atomic E-state index is -2.08. The fourth-order valence-corrected chi connectivity index (χ4v) is 8.46. The summed E-state index contributed by atoms with van der Waals surface area (Å²) in [6.07, 6.45) is 6.40. The molecule has 0 N–H and O–H groups in total. The number of rotatable bonds is 6. The SMILES string of the molecule is [2H]C([2H])([2H])c1c[c-]c(-c2cc[c]([Ge]([CH3])([CH3])[CH3])cn2)cc1.[2H]C([2H])(c1ccnc(-c2[c-]ccc3c2oc2cc(-c4ccccc4)ccc23)c1)C1CCCC1.[Ir]. The van der Waals surface area contributed by atoms with Crippen molar-refractivity contribution in [2.24, 2.45) is 5.92 Å². The molecule has 5 heteroatoms. The van der Waals surface area contributed by atoms with Gasteiger partial charge < -0.3 is 9.40 Å².